The first-order valence-electron chi connectivity index (χ1n) is 9.85. The second-order valence-electron chi connectivity index (χ2n) is 6.92. The minimum absolute atomic E-state index is 0.174. The van der Waals surface area contributed by atoms with Crippen molar-refractivity contribution in [2.24, 2.45) is 10.7 Å². The fourth-order valence-corrected chi connectivity index (χ4v) is 3.47. The molecule has 2 N–H and O–H groups in total. The Morgan fingerprint density at radius 3 is 2.78 bits per heavy atom. The number of carbonyl (C=O) groups excluding carboxylic acids is 1. The quantitative estimate of drug-likeness (QED) is 0.777. The molecule has 0 bridgehead atoms. The van der Waals surface area contributed by atoms with Gasteiger partial charge in [0, 0.05) is 31.6 Å². The molecule has 1 aromatic heterocycles. The van der Waals surface area contributed by atoms with Crippen molar-refractivity contribution in [2.45, 2.75) is 46.0 Å². The van der Waals surface area contributed by atoms with E-state index in [-0.39, 0.29) is 5.91 Å². The molecule has 0 radical (unpaired) electrons. The van der Waals surface area contributed by atoms with Gasteiger partial charge >= 0.3 is 0 Å². The van der Waals surface area contributed by atoms with Gasteiger partial charge in [0.25, 0.3) is 5.91 Å². The molecule has 7 nitrogen and oxygen atoms in total. The molecule has 1 amide bonds. The van der Waals surface area contributed by atoms with Gasteiger partial charge in [0.2, 0.25) is 0 Å². The highest BCUT2D eigenvalue weighted by molar-refractivity contribution is 6.04. The van der Waals surface area contributed by atoms with Gasteiger partial charge in [-0.2, -0.15) is 0 Å². The number of piperidine rings is 1. The number of amidine groups is 1. The largest absolute Gasteiger partial charge is 0.387 e. The van der Waals surface area contributed by atoms with Crippen LogP contribution in [-0.4, -0.2) is 48.0 Å². The molecule has 3 rings (SSSR count). The Hall–Kier alpha value is -2.41. The zero-order chi connectivity index (χ0) is 19.2. The molecule has 3 heterocycles. The summed E-state index contributed by atoms with van der Waals surface area (Å²) in [6.07, 6.45) is 8.45. The van der Waals surface area contributed by atoms with Gasteiger partial charge in [0.05, 0.1) is 29.9 Å². The van der Waals surface area contributed by atoms with E-state index in [2.05, 4.69) is 14.9 Å². The topological polar surface area (TPSA) is 84.0 Å². The molecular weight excluding hydrogens is 342 g/mol. The van der Waals surface area contributed by atoms with Crippen molar-refractivity contribution in [3.8, 4) is 0 Å². The molecule has 0 aliphatic carbocycles. The number of fused-ring (bicyclic) bond motifs is 1. The minimum atomic E-state index is -0.174. The van der Waals surface area contributed by atoms with Crippen molar-refractivity contribution >= 4 is 29.2 Å². The van der Waals surface area contributed by atoms with Crippen LogP contribution < -0.4 is 10.6 Å². The van der Waals surface area contributed by atoms with E-state index in [9.17, 15) is 4.79 Å². The lowest BCUT2D eigenvalue weighted by atomic mass is 10.1. The van der Waals surface area contributed by atoms with Crippen LogP contribution in [0, 0.1) is 0 Å². The van der Waals surface area contributed by atoms with Crippen LogP contribution >= 0.6 is 0 Å². The van der Waals surface area contributed by atoms with E-state index < -0.39 is 0 Å². The molecule has 0 atom stereocenters. The third kappa shape index (κ3) is 4.66. The Labute approximate surface area is 160 Å². The normalized spacial score (nSPS) is 16.9. The summed E-state index contributed by atoms with van der Waals surface area (Å²) in [4.78, 5) is 29.8. The highest BCUT2D eigenvalue weighted by Gasteiger charge is 2.23. The lowest BCUT2D eigenvalue weighted by molar-refractivity contribution is -0.180. The van der Waals surface area contributed by atoms with Crippen LogP contribution in [0.2, 0.25) is 0 Å². The fourth-order valence-electron chi connectivity index (χ4n) is 3.47. The van der Waals surface area contributed by atoms with Gasteiger partial charge in [-0.15, -0.1) is 0 Å². The maximum absolute atomic E-state index is 12.9. The van der Waals surface area contributed by atoms with Crippen molar-refractivity contribution in [1.82, 2.24) is 10.0 Å². The number of aliphatic imine (C=N–C) groups is 1. The van der Waals surface area contributed by atoms with E-state index in [0.717, 1.165) is 30.9 Å². The molecule has 0 aromatic carbocycles. The van der Waals surface area contributed by atoms with E-state index in [1.807, 2.05) is 26.1 Å². The second kappa shape index (κ2) is 8.99. The van der Waals surface area contributed by atoms with Gasteiger partial charge in [-0.1, -0.05) is 6.92 Å². The van der Waals surface area contributed by atoms with Gasteiger partial charge in [0.15, 0.2) is 0 Å². The number of carbonyl (C=O) groups is 1. The van der Waals surface area contributed by atoms with Crippen molar-refractivity contribution in [3.63, 3.8) is 0 Å². The Morgan fingerprint density at radius 2 is 2.07 bits per heavy atom. The summed E-state index contributed by atoms with van der Waals surface area (Å²) in [5, 5.41) is 1.41. The van der Waals surface area contributed by atoms with Crippen LogP contribution in [0.15, 0.2) is 22.8 Å². The molecule has 0 spiro atoms. The number of anilines is 1. The summed E-state index contributed by atoms with van der Waals surface area (Å²) < 4.78 is 0. The number of amides is 1. The summed E-state index contributed by atoms with van der Waals surface area (Å²) in [5.41, 5.74) is 9.12. The van der Waals surface area contributed by atoms with E-state index in [4.69, 9.17) is 10.6 Å². The number of hydrogen-bond acceptors (Lipinski definition) is 6. The lowest BCUT2D eigenvalue weighted by Gasteiger charge is -2.28. The zero-order valence-electron chi connectivity index (χ0n) is 16.3. The Morgan fingerprint density at radius 1 is 1.30 bits per heavy atom. The molecule has 1 saturated heterocycles. The molecule has 2 aliphatic rings. The van der Waals surface area contributed by atoms with E-state index >= 15 is 0 Å². The SMILES string of the molecule is CCCN(OCC)C(=O)C1=Cc2ncc(N3CCCCC3)cc2N=C(N)C1. The fraction of sp³-hybridized carbons (Fsp3) is 0.550. The van der Waals surface area contributed by atoms with Gasteiger partial charge in [-0.3, -0.25) is 14.6 Å². The summed E-state index contributed by atoms with van der Waals surface area (Å²) >= 11 is 0. The number of rotatable bonds is 6. The van der Waals surface area contributed by atoms with Crippen LogP contribution in [-0.2, 0) is 9.63 Å². The van der Waals surface area contributed by atoms with Crippen LogP contribution in [0.1, 0.15) is 51.6 Å². The van der Waals surface area contributed by atoms with Crippen LogP contribution in [0.5, 0.6) is 0 Å². The lowest BCUT2D eigenvalue weighted by Crippen LogP contribution is -2.34. The second-order valence-corrected chi connectivity index (χ2v) is 6.92. The molecule has 0 saturated carbocycles. The molecule has 1 fully saturated rings. The summed E-state index contributed by atoms with van der Waals surface area (Å²) in [6, 6.07) is 2.02. The Balaban J connectivity index is 1.89. The number of nitrogens with two attached hydrogens (primary N) is 1. The molecule has 146 valence electrons. The van der Waals surface area contributed by atoms with Crippen molar-refractivity contribution in [3.05, 3.63) is 23.5 Å². The molecule has 7 heteroatoms. The average Bonchev–Trinajstić information content (AvgIpc) is 2.85. The monoisotopic (exact) mass is 371 g/mol. The average molecular weight is 371 g/mol. The summed E-state index contributed by atoms with van der Waals surface area (Å²) in [6.45, 7) is 6.94. The minimum Gasteiger partial charge on any atom is -0.387 e. The highest BCUT2D eigenvalue weighted by atomic mass is 16.7. The zero-order valence-corrected chi connectivity index (χ0v) is 16.3. The number of hydrogen-bond donors (Lipinski definition) is 1. The van der Waals surface area contributed by atoms with Gasteiger partial charge < -0.3 is 10.6 Å². The van der Waals surface area contributed by atoms with Gasteiger partial charge in [0.1, 0.15) is 5.84 Å². The molecule has 27 heavy (non-hydrogen) atoms. The highest BCUT2D eigenvalue weighted by Crippen LogP contribution is 2.30. The van der Waals surface area contributed by atoms with E-state index in [0.29, 0.717) is 36.7 Å². The summed E-state index contributed by atoms with van der Waals surface area (Å²) in [7, 11) is 0. The molecule has 0 unspecified atom stereocenters. The first kappa shape index (κ1) is 19.4. The number of hydroxylamine groups is 2. The number of aromatic nitrogens is 1. The third-order valence-corrected chi connectivity index (χ3v) is 4.76. The molecule has 2 aliphatic heterocycles. The Bertz CT molecular complexity index is 732. The predicted molar refractivity (Wildman–Crippen MR) is 108 cm³/mol. The van der Waals surface area contributed by atoms with E-state index in [1.165, 1.54) is 24.3 Å². The number of pyridine rings is 1. The standard InChI is InChI=1S/C20H29N5O2/c1-3-8-25(27-4-2)20(26)15-11-17-18(23-19(21)12-15)13-16(14-22-17)24-9-6-5-7-10-24/h11,13-14H,3-10,12H2,1-2H3,(H2,21,23). The third-order valence-electron chi connectivity index (χ3n) is 4.76. The maximum Gasteiger partial charge on any atom is 0.273 e. The first-order chi connectivity index (χ1) is 13.1. The van der Waals surface area contributed by atoms with Crippen LogP contribution in [0.3, 0.4) is 0 Å². The smallest absolute Gasteiger partial charge is 0.273 e. The number of nitrogens with zero attached hydrogens (tertiary/aromatic N) is 4. The predicted octanol–water partition coefficient (Wildman–Crippen LogP) is 3.04. The van der Waals surface area contributed by atoms with Gasteiger partial charge in [-0.05, 0) is 44.7 Å². The summed E-state index contributed by atoms with van der Waals surface area (Å²) in [5.74, 6) is 0.241. The Kier molecular flexibility index (Phi) is 6.45. The molecule has 1 aromatic rings. The van der Waals surface area contributed by atoms with Crippen molar-refractivity contribution in [1.29, 1.82) is 0 Å². The first-order valence-corrected chi connectivity index (χ1v) is 9.85. The van der Waals surface area contributed by atoms with Crippen LogP contribution in [0.4, 0.5) is 11.4 Å². The van der Waals surface area contributed by atoms with Crippen LogP contribution in [0.25, 0.3) is 6.08 Å². The maximum atomic E-state index is 12.9. The van der Waals surface area contributed by atoms with Crippen molar-refractivity contribution < 1.29 is 9.63 Å². The molecular formula is C20H29N5O2. The van der Waals surface area contributed by atoms with E-state index in [1.54, 1.807) is 6.08 Å². The van der Waals surface area contributed by atoms with Gasteiger partial charge in [-0.25, -0.2) is 10.1 Å². The van der Waals surface area contributed by atoms with Crippen molar-refractivity contribution in [2.75, 3.05) is 31.1 Å².